The number of nitrogens with zero attached hydrogens (tertiary/aromatic N) is 1. The molecule has 0 unspecified atom stereocenters. The van der Waals surface area contributed by atoms with Crippen molar-refractivity contribution in [3.63, 3.8) is 0 Å². The number of carbonyl (C=O) groups excluding carboxylic acids is 2. The first-order valence-electron chi connectivity index (χ1n) is 5.94. The zero-order valence-corrected chi connectivity index (χ0v) is 12.4. The molecule has 0 aliphatic carbocycles. The summed E-state index contributed by atoms with van der Waals surface area (Å²) in [7, 11) is 0. The van der Waals surface area contributed by atoms with E-state index < -0.39 is 10.8 Å². The molecule has 8 heteroatoms. The molecule has 0 aromatic heterocycles. The highest BCUT2D eigenvalue weighted by atomic mass is 79.9. The Balaban J connectivity index is 2.62. The Morgan fingerprint density at radius 2 is 2.05 bits per heavy atom. The number of nitro groups is 1. The van der Waals surface area contributed by atoms with Gasteiger partial charge in [-0.05, 0) is 35.0 Å². The number of hydrogen-bond donors (Lipinski definition) is 2. The third-order valence-corrected chi connectivity index (χ3v) is 3.09. The summed E-state index contributed by atoms with van der Waals surface area (Å²) in [4.78, 5) is 33.2. The minimum absolute atomic E-state index is 0.158. The zero-order chi connectivity index (χ0) is 15.1. The summed E-state index contributed by atoms with van der Waals surface area (Å²) in [5.74, 6) is -0.612. The number of hydrogen-bond acceptors (Lipinski definition) is 4. The van der Waals surface area contributed by atoms with Gasteiger partial charge in [0.1, 0.15) is 0 Å². The third kappa shape index (κ3) is 4.61. The Labute approximate surface area is 124 Å². The minimum atomic E-state index is -0.574. The summed E-state index contributed by atoms with van der Waals surface area (Å²) in [6.07, 6.45) is 0.165. The number of halogens is 1. The Morgan fingerprint density at radius 1 is 1.35 bits per heavy atom. The van der Waals surface area contributed by atoms with E-state index >= 15 is 0 Å². The van der Waals surface area contributed by atoms with Crippen molar-refractivity contribution in [1.82, 2.24) is 10.6 Å². The van der Waals surface area contributed by atoms with Crippen molar-refractivity contribution in [2.45, 2.75) is 13.3 Å². The van der Waals surface area contributed by atoms with E-state index in [2.05, 4.69) is 26.6 Å². The summed E-state index contributed by atoms with van der Waals surface area (Å²) in [5, 5.41) is 15.9. The van der Waals surface area contributed by atoms with Gasteiger partial charge < -0.3 is 10.6 Å². The van der Waals surface area contributed by atoms with Crippen molar-refractivity contribution in [3.8, 4) is 0 Å². The minimum Gasteiger partial charge on any atom is -0.356 e. The van der Waals surface area contributed by atoms with Gasteiger partial charge in [0, 0.05) is 31.1 Å². The topological polar surface area (TPSA) is 101 Å². The summed E-state index contributed by atoms with van der Waals surface area (Å²) < 4.78 is 0.307. The lowest BCUT2D eigenvalue weighted by Crippen LogP contribution is -2.30. The van der Waals surface area contributed by atoms with E-state index in [9.17, 15) is 19.7 Å². The molecule has 2 amide bonds. The van der Waals surface area contributed by atoms with E-state index in [1.165, 1.54) is 18.2 Å². The predicted octanol–water partition coefficient (Wildman–Crippen LogP) is 1.61. The third-order valence-electron chi connectivity index (χ3n) is 2.42. The van der Waals surface area contributed by atoms with Crippen molar-refractivity contribution in [3.05, 3.63) is 38.3 Å². The van der Waals surface area contributed by atoms with Gasteiger partial charge in [0.25, 0.3) is 11.6 Å². The van der Waals surface area contributed by atoms with E-state index in [1.807, 2.05) is 0 Å². The van der Waals surface area contributed by atoms with Crippen LogP contribution >= 0.6 is 15.9 Å². The molecule has 0 fully saturated rings. The van der Waals surface area contributed by atoms with Crippen LogP contribution in [0.3, 0.4) is 0 Å². The number of amides is 2. The average molecular weight is 344 g/mol. The molecular formula is C12H14BrN3O4. The second-order valence-electron chi connectivity index (χ2n) is 3.88. The molecule has 0 heterocycles. The summed E-state index contributed by atoms with van der Waals surface area (Å²) >= 11 is 3.04. The summed E-state index contributed by atoms with van der Waals surface area (Å²) in [5.41, 5.74) is -0.00262. The highest BCUT2D eigenvalue weighted by Crippen LogP contribution is 2.25. The van der Waals surface area contributed by atoms with Gasteiger partial charge in [0.15, 0.2) is 0 Å². The van der Waals surface area contributed by atoms with Crippen LogP contribution in [0, 0.1) is 10.1 Å². The lowest BCUT2D eigenvalue weighted by molar-refractivity contribution is -0.385. The molecule has 0 spiro atoms. The van der Waals surface area contributed by atoms with Crippen LogP contribution in [0.25, 0.3) is 0 Å². The van der Waals surface area contributed by atoms with Gasteiger partial charge in [0.2, 0.25) is 5.91 Å². The average Bonchev–Trinajstić information content (AvgIpc) is 2.39. The van der Waals surface area contributed by atoms with Crippen LogP contribution in [0.4, 0.5) is 5.69 Å². The van der Waals surface area contributed by atoms with Gasteiger partial charge in [-0.3, -0.25) is 19.7 Å². The smallest absolute Gasteiger partial charge is 0.284 e. The van der Waals surface area contributed by atoms with Crippen molar-refractivity contribution < 1.29 is 14.5 Å². The van der Waals surface area contributed by atoms with Gasteiger partial charge in [-0.1, -0.05) is 0 Å². The Hall–Kier alpha value is -1.96. The van der Waals surface area contributed by atoms with Gasteiger partial charge in [-0.25, -0.2) is 0 Å². The van der Waals surface area contributed by atoms with E-state index in [4.69, 9.17) is 0 Å². The number of benzene rings is 1. The van der Waals surface area contributed by atoms with Crippen LogP contribution in [-0.2, 0) is 4.79 Å². The predicted molar refractivity (Wildman–Crippen MR) is 76.4 cm³/mol. The normalized spacial score (nSPS) is 9.90. The van der Waals surface area contributed by atoms with Crippen LogP contribution in [0.5, 0.6) is 0 Å². The Morgan fingerprint density at radius 3 is 2.65 bits per heavy atom. The van der Waals surface area contributed by atoms with Gasteiger partial charge >= 0.3 is 0 Å². The van der Waals surface area contributed by atoms with Crippen LogP contribution < -0.4 is 10.6 Å². The molecule has 7 nitrogen and oxygen atoms in total. The molecule has 0 saturated heterocycles. The molecule has 0 aliphatic heterocycles. The van der Waals surface area contributed by atoms with Crippen molar-refractivity contribution >= 4 is 33.4 Å². The molecule has 108 valence electrons. The van der Waals surface area contributed by atoms with Gasteiger partial charge in [-0.15, -0.1) is 0 Å². The lowest BCUT2D eigenvalue weighted by Gasteiger charge is -2.06. The standard InChI is InChI=1S/C12H14BrN3O4/c1-2-14-11(17)5-6-15-12(18)8-3-4-9(13)10(7-8)16(19)20/h3-4,7H,2,5-6H2,1H3,(H,14,17)(H,15,18). The van der Waals surface area contributed by atoms with Crippen LogP contribution in [0.2, 0.25) is 0 Å². The molecule has 1 aromatic carbocycles. The van der Waals surface area contributed by atoms with Crippen molar-refractivity contribution in [2.75, 3.05) is 13.1 Å². The van der Waals surface area contributed by atoms with E-state index in [1.54, 1.807) is 6.92 Å². The molecule has 0 radical (unpaired) electrons. The monoisotopic (exact) mass is 343 g/mol. The first-order chi connectivity index (χ1) is 9.45. The Kier molecular flexibility index (Phi) is 6.10. The second kappa shape index (κ2) is 7.59. The molecule has 0 saturated carbocycles. The van der Waals surface area contributed by atoms with Crippen LogP contribution in [-0.4, -0.2) is 29.8 Å². The maximum absolute atomic E-state index is 11.8. The fourth-order valence-electron chi connectivity index (χ4n) is 1.47. The Bertz CT molecular complexity index is 533. The van der Waals surface area contributed by atoms with Crippen LogP contribution in [0.1, 0.15) is 23.7 Å². The van der Waals surface area contributed by atoms with Crippen molar-refractivity contribution in [1.29, 1.82) is 0 Å². The van der Waals surface area contributed by atoms with Crippen molar-refractivity contribution in [2.24, 2.45) is 0 Å². The largest absolute Gasteiger partial charge is 0.356 e. The molecule has 0 aliphatic rings. The molecule has 1 rings (SSSR count). The molecule has 2 N–H and O–H groups in total. The second-order valence-corrected chi connectivity index (χ2v) is 4.74. The highest BCUT2D eigenvalue weighted by molar-refractivity contribution is 9.10. The quantitative estimate of drug-likeness (QED) is 0.605. The molecule has 0 bridgehead atoms. The van der Waals surface area contributed by atoms with E-state index in [-0.39, 0.29) is 30.1 Å². The molecule has 20 heavy (non-hydrogen) atoms. The first kappa shape index (κ1) is 16.1. The summed E-state index contributed by atoms with van der Waals surface area (Å²) in [6, 6.07) is 4.10. The molecule has 0 atom stereocenters. The van der Waals surface area contributed by atoms with E-state index in [0.717, 1.165) is 0 Å². The number of rotatable bonds is 6. The van der Waals surface area contributed by atoms with Gasteiger partial charge in [-0.2, -0.15) is 0 Å². The lowest BCUT2D eigenvalue weighted by atomic mass is 10.2. The molecule has 1 aromatic rings. The maximum atomic E-state index is 11.8. The summed E-state index contributed by atoms with van der Waals surface area (Å²) in [6.45, 7) is 2.51. The number of nitrogens with one attached hydrogen (secondary N) is 2. The van der Waals surface area contributed by atoms with Crippen LogP contribution in [0.15, 0.2) is 22.7 Å². The van der Waals surface area contributed by atoms with E-state index in [0.29, 0.717) is 11.0 Å². The SMILES string of the molecule is CCNC(=O)CCNC(=O)c1ccc(Br)c([N+](=O)[O-])c1. The fraction of sp³-hybridized carbons (Fsp3) is 0.333. The zero-order valence-electron chi connectivity index (χ0n) is 10.8. The maximum Gasteiger partial charge on any atom is 0.284 e. The first-order valence-corrected chi connectivity index (χ1v) is 6.73. The number of nitro benzene ring substituents is 1. The number of carbonyl (C=O) groups is 2. The highest BCUT2D eigenvalue weighted by Gasteiger charge is 2.15. The molecular weight excluding hydrogens is 330 g/mol. The fourth-order valence-corrected chi connectivity index (χ4v) is 1.86. The van der Waals surface area contributed by atoms with Gasteiger partial charge in [0.05, 0.1) is 9.40 Å².